The molecule has 3 atom stereocenters. The Balaban J connectivity index is 2.18. The third kappa shape index (κ3) is 3.28. The number of nitrogens with zero attached hydrogens (tertiary/aromatic N) is 1. The minimum Gasteiger partial charge on any atom is -0.497 e. The van der Waals surface area contributed by atoms with Crippen LogP contribution in [0.3, 0.4) is 0 Å². The van der Waals surface area contributed by atoms with Crippen molar-refractivity contribution >= 4 is 0 Å². The second kappa shape index (κ2) is 6.40. The van der Waals surface area contributed by atoms with Crippen molar-refractivity contribution in [1.29, 1.82) is 0 Å². The monoisotopic (exact) mass is 262 g/mol. The summed E-state index contributed by atoms with van der Waals surface area (Å²) in [6, 6.07) is 9.50. The normalized spacial score (nSPS) is 23.9. The highest BCUT2D eigenvalue weighted by molar-refractivity contribution is 5.30. The lowest BCUT2D eigenvalue weighted by atomic mass is 9.93. The zero-order chi connectivity index (χ0) is 13.8. The molecule has 19 heavy (non-hydrogen) atoms. The Morgan fingerprint density at radius 3 is 2.79 bits per heavy atom. The van der Waals surface area contributed by atoms with Gasteiger partial charge in [-0.2, -0.15) is 0 Å². The maximum Gasteiger partial charge on any atom is 0.119 e. The summed E-state index contributed by atoms with van der Waals surface area (Å²) in [4.78, 5) is 2.56. The van der Waals surface area contributed by atoms with E-state index in [0.717, 1.165) is 12.3 Å². The molecule has 3 heteroatoms. The van der Waals surface area contributed by atoms with Gasteiger partial charge in [-0.05, 0) is 50.9 Å². The Labute approximate surface area is 116 Å². The zero-order valence-electron chi connectivity index (χ0n) is 12.3. The summed E-state index contributed by atoms with van der Waals surface area (Å²) in [6.45, 7) is 5.54. The molecular formula is C16H26N2O. The van der Waals surface area contributed by atoms with Crippen molar-refractivity contribution in [2.75, 3.05) is 13.7 Å². The molecule has 1 aliphatic heterocycles. The fraction of sp³-hybridized carbons (Fsp3) is 0.625. The highest BCUT2D eigenvalue weighted by atomic mass is 16.5. The van der Waals surface area contributed by atoms with Gasteiger partial charge < -0.3 is 10.5 Å². The lowest BCUT2D eigenvalue weighted by molar-refractivity contribution is 0.0889. The van der Waals surface area contributed by atoms with E-state index >= 15 is 0 Å². The molecule has 1 aliphatic rings. The number of piperidine rings is 1. The summed E-state index contributed by atoms with van der Waals surface area (Å²) < 4.78 is 5.32. The van der Waals surface area contributed by atoms with Gasteiger partial charge in [-0.1, -0.05) is 18.6 Å². The average Bonchev–Trinajstić information content (AvgIpc) is 2.46. The van der Waals surface area contributed by atoms with E-state index in [2.05, 4.69) is 36.9 Å². The van der Waals surface area contributed by atoms with Crippen molar-refractivity contribution in [3.8, 4) is 5.75 Å². The van der Waals surface area contributed by atoms with Crippen molar-refractivity contribution in [3.05, 3.63) is 29.8 Å². The van der Waals surface area contributed by atoms with Crippen molar-refractivity contribution in [2.24, 2.45) is 5.73 Å². The second-order valence-electron chi connectivity index (χ2n) is 5.61. The van der Waals surface area contributed by atoms with Crippen LogP contribution >= 0.6 is 0 Å². The minimum absolute atomic E-state index is 0.230. The molecule has 1 aromatic rings. The van der Waals surface area contributed by atoms with Crippen LogP contribution in [-0.2, 0) is 0 Å². The van der Waals surface area contributed by atoms with Crippen molar-refractivity contribution in [1.82, 2.24) is 4.90 Å². The molecule has 1 heterocycles. The van der Waals surface area contributed by atoms with Gasteiger partial charge in [0.05, 0.1) is 7.11 Å². The topological polar surface area (TPSA) is 38.5 Å². The third-order valence-corrected chi connectivity index (χ3v) is 4.27. The maximum absolute atomic E-state index is 6.16. The number of rotatable bonds is 4. The van der Waals surface area contributed by atoms with E-state index in [1.54, 1.807) is 7.11 Å². The molecule has 2 rings (SSSR count). The second-order valence-corrected chi connectivity index (χ2v) is 5.61. The van der Waals surface area contributed by atoms with E-state index in [1.807, 2.05) is 6.07 Å². The lowest BCUT2D eigenvalue weighted by Gasteiger charge is -2.42. The van der Waals surface area contributed by atoms with Crippen LogP contribution < -0.4 is 10.5 Å². The number of nitrogens with two attached hydrogens (primary N) is 1. The van der Waals surface area contributed by atoms with Gasteiger partial charge in [-0.3, -0.25) is 4.90 Å². The summed E-state index contributed by atoms with van der Waals surface area (Å²) >= 11 is 0. The molecule has 0 saturated carbocycles. The molecule has 0 aromatic heterocycles. The summed E-state index contributed by atoms with van der Waals surface area (Å²) in [5.41, 5.74) is 7.48. The fourth-order valence-corrected chi connectivity index (χ4v) is 3.12. The van der Waals surface area contributed by atoms with Crippen molar-refractivity contribution < 1.29 is 4.74 Å². The van der Waals surface area contributed by atoms with E-state index in [4.69, 9.17) is 10.5 Å². The van der Waals surface area contributed by atoms with Crippen LogP contribution in [0.1, 0.15) is 44.7 Å². The number of benzene rings is 1. The SMILES string of the molecule is COc1cccc(C(C)N2CCCCC2C(C)N)c1. The predicted octanol–water partition coefficient (Wildman–Crippen LogP) is 2.96. The first-order valence-electron chi connectivity index (χ1n) is 7.28. The van der Waals surface area contributed by atoms with Gasteiger partial charge in [0, 0.05) is 18.1 Å². The summed E-state index contributed by atoms with van der Waals surface area (Å²) in [7, 11) is 1.72. The third-order valence-electron chi connectivity index (χ3n) is 4.27. The molecule has 0 spiro atoms. The summed E-state index contributed by atoms with van der Waals surface area (Å²) in [5, 5.41) is 0. The molecule has 0 amide bonds. The predicted molar refractivity (Wildman–Crippen MR) is 79.4 cm³/mol. The average molecular weight is 262 g/mol. The molecule has 1 fully saturated rings. The van der Waals surface area contributed by atoms with E-state index in [0.29, 0.717) is 12.1 Å². The summed E-state index contributed by atoms with van der Waals surface area (Å²) in [6.07, 6.45) is 3.79. The minimum atomic E-state index is 0.230. The van der Waals surface area contributed by atoms with Crippen LogP contribution in [0.2, 0.25) is 0 Å². The molecule has 1 aromatic carbocycles. The maximum atomic E-state index is 6.16. The number of methoxy groups -OCH3 is 1. The van der Waals surface area contributed by atoms with Gasteiger partial charge in [-0.25, -0.2) is 0 Å². The van der Waals surface area contributed by atoms with E-state index in [1.165, 1.54) is 24.8 Å². The van der Waals surface area contributed by atoms with Crippen LogP contribution in [0.15, 0.2) is 24.3 Å². The van der Waals surface area contributed by atoms with Gasteiger partial charge in [0.1, 0.15) is 5.75 Å². The molecule has 106 valence electrons. The lowest BCUT2D eigenvalue weighted by Crippen LogP contribution is -2.49. The van der Waals surface area contributed by atoms with E-state index in [-0.39, 0.29) is 6.04 Å². The number of likely N-dealkylation sites (tertiary alicyclic amines) is 1. The molecule has 2 N–H and O–H groups in total. The Morgan fingerprint density at radius 2 is 2.11 bits per heavy atom. The first-order chi connectivity index (χ1) is 9.13. The van der Waals surface area contributed by atoms with Gasteiger partial charge in [0.2, 0.25) is 0 Å². The quantitative estimate of drug-likeness (QED) is 0.906. The zero-order valence-corrected chi connectivity index (χ0v) is 12.3. The highest BCUT2D eigenvalue weighted by Gasteiger charge is 2.29. The first kappa shape index (κ1) is 14.4. The Morgan fingerprint density at radius 1 is 1.32 bits per heavy atom. The standard InChI is InChI=1S/C16H26N2O/c1-12(17)16-9-4-5-10-18(16)13(2)14-7-6-8-15(11-14)19-3/h6-8,11-13,16H,4-5,9-10,17H2,1-3H3. The Hall–Kier alpha value is -1.06. The number of hydrogen-bond acceptors (Lipinski definition) is 3. The van der Waals surface area contributed by atoms with Crippen LogP contribution in [-0.4, -0.2) is 30.6 Å². The van der Waals surface area contributed by atoms with Gasteiger partial charge in [0.25, 0.3) is 0 Å². The summed E-state index contributed by atoms with van der Waals surface area (Å²) in [5.74, 6) is 0.929. The van der Waals surface area contributed by atoms with E-state index in [9.17, 15) is 0 Å². The van der Waals surface area contributed by atoms with Crippen LogP contribution in [0.4, 0.5) is 0 Å². The van der Waals surface area contributed by atoms with Crippen molar-refractivity contribution in [3.63, 3.8) is 0 Å². The molecule has 0 aliphatic carbocycles. The smallest absolute Gasteiger partial charge is 0.119 e. The van der Waals surface area contributed by atoms with Gasteiger partial charge in [-0.15, -0.1) is 0 Å². The molecule has 3 unspecified atom stereocenters. The van der Waals surface area contributed by atoms with E-state index < -0.39 is 0 Å². The number of ether oxygens (including phenoxy) is 1. The Kier molecular flexibility index (Phi) is 4.83. The largest absolute Gasteiger partial charge is 0.497 e. The van der Waals surface area contributed by atoms with Gasteiger partial charge in [0.15, 0.2) is 0 Å². The highest BCUT2D eigenvalue weighted by Crippen LogP contribution is 2.30. The molecule has 1 saturated heterocycles. The molecule has 0 bridgehead atoms. The Bertz CT molecular complexity index is 405. The van der Waals surface area contributed by atoms with Gasteiger partial charge >= 0.3 is 0 Å². The number of hydrogen-bond donors (Lipinski definition) is 1. The van der Waals surface area contributed by atoms with Crippen molar-refractivity contribution in [2.45, 2.75) is 51.2 Å². The van der Waals surface area contributed by atoms with Crippen LogP contribution in [0.25, 0.3) is 0 Å². The van der Waals surface area contributed by atoms with Crippen LogP contribution in [0.5, 0.6) is 5.75 Å². The molecule has 3 nitrogen and oxygen atoms in total. The van der Waals surface area contributed by atoms with Crippen LogP contribution in [0, 0.1) is 0 Å². The molecular weight excluding hydrogens is 236 g/mol. The molecule has 0 radical (unpaired) electrons. The fourth-order valence-electron chi connectivity index (χ4n) is 3.12. The first-order valence-corrected chi connectivity index (χ1v) is 7.28.